The first-order valence-corrected chi connectivity index (χ1v) is 5.34. The minimum Gasteiger partial charge on any atom is -0.343 e. The number of hydrogen-bond donors (Lipinski definition) is 1. The normalized spacial score (nSPS) is 10.1. The average Bonchev–Trinajstić information content (AvgIpc) is 2.88. The molecular weight excluding hydrogens is 216 g/mol. The maximum Gasteiger partial charge on any atom is 0.213 e. The SMILES string of the molecule is N#Cc1ccccc1CNCCc1ncon1. The summed E-state index contributed by atoms with van der Waals surface area (Å²) in [4.78, 5) is 3.92. The second-order valence-corrected chi connectivity index (χ2v) is 3.54. The molecule has 0 radical (unpaired) electrons. The molecule has 17 heavy (non-hydrogen) atoms. The van der Waals surface area contributed by atoms with Crippen LogP contribution in [0, 0.1) is 11.3 Å². The van der Waals surface area contributed by atoms with E-state index in [-0.39, 0.29) is 0 Å². The molecule has 1 aromatic heterocycles. The first-order valence-electron chi connectivity index (χ1n) is 5.34. The van der Waals surface area contributed by atoms with Crippen LogP contribution < -0.4 is 5.32 Å². The molecule has 0 saturated heterocycles. The molecule has 86 valence electrons. The Morgan fingerprint density at radius 1 is 1.35 bits per heavy atom. The first kappa shape index (κ1) is 11.3. The average molecular weight is 228 g/mol. The molecule has 5 nitrogen and oxygen atoms in total. The van der Waals surface area contributed by atoms with E-state index in [1.807, 2.05) is 24.3 Å². The fourth-order valence-electron chi connectivity index (χ4n) is 1.51. The highest BCUT2D eigenvalue weighted by Crippen LogP contribution is 2.06. The molecule has 2 rings (SSSR count). The summed E-state index contributed by atoms with van der Waals surface area (Å²) in [6.45, 7) is 1.42. The van der Waals surface area contributed by atoms with Crippen molar-refractivity contribution < 1.29 is 4.52 Å². The molecule has 0 bridgehead atoms. The lowest BCUT2D eigenvalue weighted by Crippen LogP contribution is -2.17. The van der Waals surface area contributed by atoms with Gasteiger partial charge >= 0.3 is 0 Å². The monoisotopic (exact) mass is 228 g/mol. The maximum atomic E-state index is 8.92. The number of hydrogen-bond acceptors (Lipinski definition) is 5. The summed E-state index contributed by atoms with van der Waals surface area (Å²) >= 11 is 0. The summed E-state index contributed by atoms with van der Waals surface area (Å²) in [5, 5.41) is 15.9. The molecule has 2 aromatic rings. The van der Waals surface area contributed by atoms with Gasteiger partial charge in [0, 0.05) is 19.5 Å². The Labute approximate surface area is 99.1 Å². The van der Waals surface area contributed by atoms with Gasteiger partial charge in [0.25, 0.3) is 0 Å². The highest BCUT2D eigenvalue weighted by molar-refractivity contribution is 5.37. The molecule has 0 atom stereocenters. The van der Waals surface area contributed by atoms with Gasteiger partial charge < -0.3 is 9.84 Å². The molecule has 1 N–H and O–H groups in total. The molecule has 5 heteroatoms. The van der Waals surface area contributed by atoms with Crippen LogP contribution in [0.2, 0.25) is 0 Å². The van der Waals surface area contributed by atoms with E-state index >= 15 is 0 Å². The summed E-state index contributed by atoms with van der Waals surface area (Å²) in [6.07, 6.45) is 2.03. The van der Waals surface area contributed by atoms with E-state index in [2.05, 4.69) is 26.0 Å². The van der Waals surface area contributed by atoms with Crippen LogP contribution in [0.15, 0.2) is 35.2 Å². The van der Waals surface area contributed by atoms with Gasteiger partial charge in [0.15, 0.2) is 5.82 Å². The fourth-order valence-corrected chi connectivity index (χ4v) is 1.51. The van der Waals surface area contributed by atoms with Gasteiger partial charge in [-0.3, -0.25) is 0 Å². The summed E-state index contributed by atoms with van der Waals surface area (Å²) in [5.41, 5.74) is 1.71. The van der Waals surface area contributed by atoms with Crippen LogP contribution in [0.5, 0.6) is 0 Å². The minimum absolute atomic E-state index is 0.668. The highest BCUT2D eigenvalue weighted by atomic mass is 16.5. The Balaban J connectivity index is 1.80. The van der Waals surface area contributed by atoms with Crippen LogP contribution in [0.3, 0.4) is 0 Å². The second kappa shape index (κ2) is 5.77. The number of aromatic nitrogens is 2. The van der Waals surface area contributed by atoms with Crippen LogP contribution in [0.25, 0.3) is 0 Å². The van der Waals surface area contributed by atoms with E-state index < -0.39 is 0 Å². The van der Waals surface area contributed by atoms with Gasteiger partial charge in [0.2, 0.25) is 6.39 Å². The standard InChI is InChI=1S/C12H12N4O/c13-7-10-3-1-2-4-11(10)8-14-6-5-12-15-9-17-16-12/h1-4,9,14H,5-6,8H2. The predicted octanol–water partition coefficient (Wildman–Crippen LogP) is 1.27. The number of nitrogens with one attached hydrogen (secondary N) is 1. The van der Waals surface area contributed by atoms with Crippen molar-refractivity contribution in [2.24, 2.45) is 0 Å². The van der Waals surface area contributed by atoms with Gasteiger partial charge in [-0.2, -0.15) is 10.2 Å². The van der Waals surface area contributed by atoms with Gasteiger partial charge in [0.05, 0.1) is 11.6 Å². The molecule has 0 aliphatic rings. The molecule has 0 spiro atoms. The summed E-state index contributed by atoms with van der Waals surface area (Å²) in [5.74, 6) is 0.686. The lowest BCUT2D eigenvalue weighted by molar-refractivity contribution is 0.409. The molecule has 1 heterocycles. The molecule has 0 aliphatic heterocycles. The smallest absolute Gasteiger partial charge is 0.213 e. The molecule has 0 amide bonds. The van der Waals surface area contributed by atoms with Crippen LogP contribution in [-0.2, 0) is 13.0 Å². The maximum absolute atomic E-state index is 8.92. The third kappa shape index (κ3) is 3.13. The summed E-state index contributed by atoms with van der Waals surface area (Å²) < 4.78 is 4.63. The Kier molecular flexibility index (Phi) is 3.84. The Hall–Kier alpha value is -2.19. The van der Waals surface area contributed by atoms with Gasteiger partial charge in [-0.15, -0.1) is 0 Å². The number of nitrogens with zero attached hydrogens (tertiary/aromatic N) is 3. The van der Waals surface area contributed by atoms with Gasteiger partial charge in [-0.1, -0.05) is 23.4 Å². The van der Waals surface area contributed by atoms with Crippen molar-refractivity contribution in [1.82, 2.24) is 15.5 Å². The zero-order valence-corrected chi connectivity index (χ0v) is 9.26. The molecule has 0 fully saturated rings. The van der Waals surface area contributed by atoms with Crippen molar-refractivity contribution in [2.75, 3.05) is 6.54 Å². The van der Waals surface area contributed by atoms with Crippen molar-refractivity contribution in [3.8, 4) is 6.07 Å². The van der Waals surface area contributed by atoms with E-state index in [0.717, 1.165) is 12.1 Å². The lowest BCUT2D eigenvalue weighted by atomic mass is 10.1. The Bertz CT molecular complexity index is 501. The molecule has 0 unspecified atom stereocenters. The number of nitriles is 1. The van der Waals surface area contributed by atoms with Crippen molar-refractivity contribution in [3.63, 3.8) is 0 Å². The van der Waals surface area contributed by atoms with Gasteiger partial charge in [-0.25, -0.2) is 0 Å². The largest absolute Gasteiger partial charge is 0.343 e. The Morgan fingerprint density at radius 2 is 2.24 bits per heavy atom. The predicted molar refractivity (Wildman–Crippen MR) is 60.9 cm³/mol. The third-order valence-electron chi connectivity index (χ3n) is 2.39. The van der Waals surface area contributed by atoms with Crippen LogP contribution >= 0.6 is 0 Å². The van der Waals surface area contributed by atoms with E-state index in [1.165, 1.54) is 6.39 Å². The van der Waals surface area contributed by atoms with E-state index in [0.29, 0.717) is 24.4 Å². The van der Waals surface area contributed by atoms with E-state index in [4.69, 9.17) is 5.26 Å². The summed E-state index contributed by atoms with van der Waals surface area (Å²) in [6, 6.07) is 9.72. The fraction of sp³-hybridized carbons (Fsp3) is 0.250. The Morgan fingerprint density at radius 3 is 3.00 bits per heavy atom. The van der Waals surface area contributed by atoms with Crippen molar-refractivity contribution in [2.45, 2.75) is 13.0 Å². The van der Waals surface area contributed by atoms with Crippen molar-refractivity contribution in [3.05, 3.63) is 47.6 Å². The minimum atomic E-state index is 0.668. The van der Waals surface area contributed by atoms with Crippen molar-refractivity contribution >= 4 is 0 Å². The number of benzene rings is 1. The van der Waals surface area contributed by atoms with Crippen LogP contribution in [0.1, 0.15) is 17.0 Å². The van der Waals surface area contributed by atoms with E-state index in [9.17, 15) is 0 Å². The van der Waals surface area contributed by atoms with Crippen molar-refractivity contribution in [1.29, 1.82) is 5.26 Å². The highest BCUT2D eigenvalue weighted by Gasteiger charge is 2.01. The van der Waals surface area contributed by atoms with Crippen LogP contribution in [0.4, 0.5) is 0 Å². The number of rotatable bonds is 5. The first-order chi connectivity index (χ1) is 8.40. The summed E-state index contributed by atoms with van der Waals surface area (Å²) in [7, 11) is 0. The zero-order valence-electron chi connectivity index (χ0n) is 9.26. The van der Waals surface area contributed by atoms with Gasteiger partial charge in [0.1, 0.15) is 0 Å². The molecule has 0 aliphatic carbocycles. The zero-order chi connectivity index (χ0) is 11.9. The quantitative estimate of drug-likeness (QED) is 0.780. The van der Waals surface area contributed by atoms with E-state index in [1.54, 1.807) is 0 Å². The third-order valence-corrected chi connectivity index (χ3v) is 2.39. The molecule has 1 aromatic carbocycles. The lowest BCUT2D eigenvalue weighted by Gasteiger charge is -2.04. The molecule has 0 saturated carbocycles. The topological polar surface area (TPSA) is 74.7 Å². The van der Waals surface area contributed by atoms with Gasteiger partial charge in [-0.05, 0) is 11.6 Å². The molecular formula is C12H12N4O. The second-order valence-electron chi connectivity index (χ2n) is 3.54. The van der Waals surface area contributed by atoms with Crippen LogP contribution in [-0.4, -0.2) is 16.7 Å².